The maximum atomic E-state index is 10.0. The van der Waals surface area contributed by atoms with Crippen molar-refractivity contribution in [2.45, 2.75) is 58.4 Å². The first-order chi connectivity index (χ1) is 7.93. The van der Waals surface area contributed by atoms with Crippen LogP contribution in [0, 0.1) is 0 Å². The second-order valence-corrected chi connectivity index (χ2v) is 11.7. The van der Waals surface area contributed by atoms with E-state index >= 15 is 0 Å². The second kappa shape index (κ2) is 4.70. The van der Waals surface area contributed by atoms with E-state index in [4.69, 9.17) is 4.43 Å². The quantitative estimate of drug-likeness (QED) is 0.827. The van der Waals surface area contributed by atoms with Gasteiger partial charge in [-0.1, -0.05) is 32.9 Å². The van der Waals surface area contributed by atoms with E-state index in [1.807, 2.05) is 24.3 Å². The smallest absolute Gasteiger partial charge is 0.250 e. The molecule has 102 valence electrons. The molecule has 0 aliphatic heterocycles. The molecule has 1 aromatic carbocycles. The molecule has 0 aliphatic carbocycles. The van der Waals surface area contributed by atoms with Crippen molar-refractivity contribution in [3.05, 3.63) is 29.8 Å². The monoisotopic (exact) mass is 266 g/mol. The standard InChI is InChI=1S/C15H26O2Si/c1-14(2,3)18(6,7)17-13-10-8-9-12(11-13)15(4,5)16/h8-11,16H,1-7H3. The molecule has 0 heterocycles. The Kier molecular flexibility index (Phi) is 3.99. The Labute approximate surface area is 112 Å². The summed E-state index contributed by atoms with van der Waals surface area (Å²) in [6.07, 6.45) is 0. The minimum atomic E-state index is -1.81. The first-order valence-electron chi connectivity index (χ1n) is 6.45. The van der Waals surface area contributed by atoms with E-state index in [2.05, 4.69) is 33.9 Å². The molecule has 0 aromatic heterocycles. The van der Waals surface area contributed by atoms with E-state index in [0.717, 1.165) is 11.3 Å². The summed E-state index contributed by atoms with van der Waals surface area (Å²) < 4.78 is 6.23. The number of benzene rings is 1. The highest BCUT2D eigenvalue weighted by Crippen LogP contribution is 2.37. The third kappa shape index (κ3) is 3.59. The number of hydrogen-bond acceptors (Lipinski definition) is 2. The molecule has 1 aromatic rings. The highest BCUT2D eigenvalue weighted by Gasteiger charge is 2.39. The summed E-state index contributed by atoms with van der Waals surface area (Å²) in [5, 5.41) is 10.2. The van der Waals surface area contributed by atoms with Crippen LogP contribution in [0.3, 0.4) is 0 Å². The van der Waals surface area contributed by atoms with E-state index in [9.17, 15) is 5.11 Å². The van der Waals surface area contributed by atoms with E-state index in [0.29, 0.717) is 0 Å². The highest BCUT2D eigenvalue weighted by molar-refractivity contribution is 6.74. The third-order valence-electron chi connectivity index (χ3n) is 3.72. The number of hydrogen-bond donors (Lipinski definition) is 1. The molecule has 0 aliphatic rings. The van der Waals surface area contributed by atoms with Crippen LogP contribution in [0.4, 0.5) is 0 Å². The Morgan fingerprint density at radius 3 is 2.06 bits per heavy atom. The molecule has 0 radical (unpaired) electrons. The van der Waals surface area contributed by atoms with Gasteiger partial charge in [0.1, 0.15) is 5.75 Å². The molecule has 0 bridgehead atoms. The van der Waals surface area contributed by atoms with Gasteiger partial charge in [0.2, 0.25) is 8.32 Å². The molecule has 0 unspecified atom stereocenters. The Balaban J connectivity index is 3.00. The molecule has 0 spiro atoms. The molecule has 0 fully saturated rings. The minimum Gasteiger partial charge on any atom is -0.543 e. The van der Waals surface area contributed by atoms with E-state index in [-0.39, 0.29) is 5.04 Å². The first kappa shape index (κ1) is 15.3. The summed E-state index contributed by atoms with van der Waals surface area (Å²) in [5.74, 6) is 0.862. The summed E-state index contributed by atoms with van der Waals surface area (Å²) in [5.41, 5.74) is 0.0611. The zero-order chi connectivity index (χ0) is 14.2. The van der Waals surface area contributed by atoms with Crippen molar-refractivity contribution in [3.8, 4) is 5.75 Å². The third-order valence-corrected chi connectivity index (χ3v) is 8.08. The van der Waals surface area contributed by atoms with Gasteiger partial charge in [0.15, 0.2) is 0 Å². The van der Waals surface area contributed by atoms with Gasteiger partial charge >= 0.3 is 0 Å². The van der Waals surface area contributed by atoms with Gasteiger partial charge < -0.3 is 9.53 Å². The van der Waals surface area contributed by atoms with Gasteiger partial charge in [0, 0.05) is 0 Å². The fourth-order valence-electron chi connectivity index (χ4n) is 1.39. The summed E-state index contributed by atoms with van der Waals surface area (Å²) in [7, 11) is -1.81. The lowest BCUT2D eigenvalue weighted by atomic mass is 9.98. The van der Waals surface area contributed by atoms with Crippen LogP contribution in [0.25, 0.3) is 0 Å². The Bertz CT molecular complexity index is 411. The van der Waals surface area contributed by atoms with Gasteiger partial charge in [0.25, 0.3) is 0 Å². The van der Waals surface area contributed by atoms with Crippen molar-refractivity contribution >= 4 is 8.32 Å². The van der Waals surface area contributed by atoms with Gasteiger partial charge in [0.05, 0.1) is 5.60 Å². The lowest BCUT2D eigenvalue weighted by Gasteiger charge is -2.36. The van der Waals surface area contributed by atoms with Crippen LogP contribution in [0.5, 0.6) is 5.75 Å². The van der Waals surface area contributed by atoms with Crippen LogP contribution in [0.1, 0.15) is 40.2 Å². The fourth-order valence-corrected chi connectivity index (χ4v) is 2.41. The molecule has 1 N–H and O–H groups in total. The summed E-state index contributed by atoms with van der Waals surface area (Å²) in [6.45, 7) is 14.7. The molecular formula is C15H26O2Si. The van der Waals surface area contributed by atoms with E-state index in [1.165, 1.54) is 0 Å². The molecule has 0 saturated carbocycles. The SMILES string of the molecule is CC(C)(O)c1cccc(O[Si](C)(C)C(C)(C)C)c1. The predicted octanol–water partition coefficient (Wildman–Crippen LogP) is 4.30. The van der Waals surface area contributed by atoms with Crippen molar-refractivity contribution in [1.29, 1.82) is 0 Å². The topological polar surface area (TPSA) is 29.5 Å². The van der Waals surface area contributed by atoms with Gasteiger partial charge in [-0.3, -0.25) is 0 Å². The van der Waals surface area contributed by atoms with Gasteiger partial charge in [-0.2, -0.15) is 0 Å². The minimum absolute atomic E-state index is 0.178. The van der Waals surface area contributed by atoms with Gasteiger partial charge in [-0.25, -0.2) is 0 Å². The summed E-state index contributed by atoms with van der Waals surface area (Å²) >= 11 is 0. The predicted molar refractivity (Wildman–Crippen MR) is 79.5 cm³/mol. The zero-order valence-corrected chi connectivity index (χ0v) is 13.7. The maximum absolute atomic E-state index is 10.0. The average Bonchev–Trinajstić information content (AvgIpc) is 2.14. The van der Waals surface area contributed by atoms with Crippen molar-refractivity contribution in [1.82, 2.24) is 0 Å². The van der Waals surface area contributed by atoms with Crippen LogP contribution >= 0.6 is 0 Å². The lowest BCUT2D eigenvalue weighted by Crippen LogP contribution is -2.43. The van der Waals surface area contributed by atoms with Crippen LogP contribution in [-0.4, -0.2) is 13.4 Å². The Morgan fingerprint density at radius 1 is 1.06 bits per heavy atom. The molecule has 3 heteroatoms. The van der Waals surface area contributed by atoms with Crippen LogP contribution in [0.2, 0.25) is 18.1 Å². The zero-order valence-electron chi connectivity index (χ0n) is 12.7. The molecule has 0 atom stereocenters. The number of aliphatic hydroxyl groups is 1. The Morgan fingerprint density at radius 2 is 1.61 bits per heavy atom. The Hall–Kier alpha value is -0.803. The normalized spacial score (nSPS) is 13.6. The molecule has 0 saturated heterocycles. The molecule has 0 amide bonds. The first-order valence-corrected chi connectivity index (χ1v) is 9.36. The second-order valence-electron chi connectivity index (χ2n) is 6.95. The average molecular weight is 266 g/mol. The molecule has 1 rings (SSSR count). The van der Waals surface area contributed by atoms with Crippen molar-refractivity contribution in [2.24, 2.45) is 0 Å². The van der Waals surface area contributed by atoms with E-state index in [1.54, 1.807) is 13.8 Å². The van der Waals surface area contributed by atoms with Gasteiger partial charge in [-0.15, -0.1) is 0 Å². The largest absolute Gasteiger partial charge is 0.543 e. The van der Waals surface area contributed by atoms with Crippen LogP contribution in [0.15, 0.2) is 24.3 Å². The van der Waals surface area contributed by atoms with Crippen molar-refractivity contribution in [2.75, 3.05) is 0 Å². The highest BCUT2D eigenvalue weighted by atomic mass is 28.4. The summed E-state index contributed by atoms with van der Waals surface area (Å²) in [4.78, 5) is 0. The van der Waals surface area contributed by atoms with Gasteiger partial charge in [-0.05, 0) is 49.7 Å². The fraction of sp³-hybridized carbons (Fsp3) is 0.600. The van der Waals surface area contributed by atoms with Crippen LogP contribution in [-0.2, 0) is 5.60 Å². The molecule has 18 heavy (non-hydrogen) atoms. The maximum Gasteiger partial charge on any atom is 0.250 e. The molecular weight excluding hydrogens is 240 g/mol. The van der Waals surface area contributed by atoms with Crippen molar-refractivity contribution in [3.63, 3.8) is 0 Å². The molecule has 2 nitrogen and oxygen atoms in total. The van der Waals surface area contributed by atoms with Crippen molar-refractivity contribution < 1.29 is 9.53 Å². The lowest BCUT2D eigenvalue weighted by molar-refractivity contribution is 0.0784. The summed E-state index contributed by atoms with van der Waals surface area (Å²) in [6, 6.07) is 7.78. The van der Waals surface area contributed by atoms with E-state index < -0.39 is 13.9 Å². The number of rotatable bonds is 3. The van der Waals surface area contributed by atoms with Crippen LogP contribution < -0.4 is 4.43 Å².